The summed E-state index contributed by atoms with van der Waals surface area (Å²) >= 11 is 0. The molecule has 2 rings (SSSR count). The maximum atomic E-state index is 13.0. The summed E-state index contributed by atoms with van der Waals surface area (Å²) in [5.41, 5.74) is 0.384. The summed E-state index contributed by atoms with van der Waals surface area (Å²) in [7, 11) is -1.55. The van der Waals surface area contributed by atoms with Gasteiger partial charge in [0.15, 0.2) is 11.5 Å². The van der Waals surface area contributed by atoms with Gasteiger partial charge in [0.25, 0.3) is 10.0 Å². The van der Waals surface area contributed by atoms with Crippen LogP contribution in [-0.4, -0.2) is 28.6 Å². The Morgan fingerprint density at radius 2 is 1.81 bits per heavy atom. The first-order valence-corrected chi connectivity index (χ1v) is 8.68. The number of carbonyl (C=O) groups is 1. The van der Waals surface area contributed by atoms with E-state index in [9.17, 15) is 22.7 Å². The summed E-state index contributed by atoms with van der Waals surface area (Å²) in [4.78, 5) is 10.3. The molecule has 0 bridgehead atoms. The van der Waals surface area contributed by atoms with E-state index >= 15 is 0 Å². The number of hydrogen-bond donors (Lipinski definition) is 1. The zero-order valence-electron chi connectivity index (χ0n) is 13.9. The molecule has 1 N–H and O–H groups in total. The molecule has 9 heteroatoms. The summed E-state index contributed by atoms with van der Waals surface area (Å²) in [5, 5.41) is 10.6. The fourth-order valence-corrected chi connectivity index (χ4v) is 3.41. The molecule has 26 heavy (non-hydrogen) atoms. The molecule has 2 aromatic rings. The maximum Gasteiger partial charge on any atom is 0.265 e. The molecule has 0 heterocycles. The SMILES string of the molecule is COc1cc(/C=C/C(=O)[O-])cc(S(=O)(=O)Nc2ccc(F)cc2)c1OC. The van der Waals surface area contributed by atoms with Crippen LogP contribution in [0.1, 0.15) is 5.56 Å². The van der Waals surface area contributed by atoms with Crippen LogP contribution in [-0.2, 0) is 14.8 Å². The Kier molecular flexibility index (Phi) is 5.83. The van der Waals surface area contributed by atoms with Crippen LogP contribution in [0.5, 0.6) is 11.5 Å². The summed E-state index contributed by atoms with van der Waals surface area (Å²) < 4.78 is 51.0. The van der Waals surface area contributed by atoms with Crippen molar-refractivity contribution in [3.05, 3.63) is 53.9 Å². The molecule has 0 atom stereocenters. The van der Waals surface area contributed by atoms with Crippen LogP contribution in [0, 0.1) is 5.82 Å². The highest BCUT2D eigenvalue weighted by Gasteiger charge is 2.24. The Balaban J connectivity index is 2.55. The van der Waals surface area contributed by atoms with E-state index in [-0.39, 0.29) is 27.6 Å². The topological polar surface area (TPSA) is 105 Å². The average Bonchev–Trinajstić information content (AvgIpc) is 2.60. The second-order valence-corrected chi connectivity index (χ2v) is 6.67. The number of carboxylic acids is 1. The number of aliphatic carboxylic acids is 1. The molecule has 0 radical (unpaired) electrons. The van der Waals surface area contributed by atoms with Gasteiger partial charge in [-0.05, 0) is 48.0 Å². The molecule has 0 aliphatic heterocycles. The quantitative estimate of drug-likeness (QED) is 0.728. The molecule has 0 saturated carbocycles. The summed E-state index contributed by atoms with van der Waals surface area (Å²) in [6.45, 7) is 0. The van der Waals surface area contributed by atoms with Gasteiger partial charge in [-0.25, -0.2) is 12.8 Å². The second-order valence-electron chi connectivity index (χ2n) is 5.02. The van der Waals surface area contributed by atoms with Gasteiger partial charge in [-0.15, -0.1) is 0 Å². The van der Waals surface area contributed by atoms with Gasteiger partial charge in [-0.3, -0.25) is 4.72 Å². The van der Waals surface area contributed by atoms with E-state index in [1.54, 1.807) is 0 Å². The molecule has 0 aliphatic rings. The van der Waals surface area contributed by atoms with E-state index in [0.29, 0.717) is 0 Å². The Morgan fingerprint density at radius 3 is 2.35 bits per heavy atom. The van der Waals surface area contributed by atoms with Crippen LogP contribution in [0.2, 0.25) is 0 Å². The van der Waals surface area contributed by atoms with Crippen molar-refractivity contribution < 1.29 is 32.2 Å². The third-order valence-electron chi connectivity index (χ3n) is 3.26. The molecule has 138 valence electrons. The van der Waals surface area contributed by atoms with Crippen molar-refractivity contribution in [2.45, 2.75) is 4.90 Å². The van der Waals surface area contributed by atoms with Gasteiger partial charge < -0.3 is 19.4 Å². The van der Waals surface area contributed by atoms with Crippen LogP contribution < -0.4 is 19.3 Å². The van der Waals surface area contributed by atoms with Gasteiger partial charge in [0.1, 0.15) is 10.7 Å². The third-order valence-corrected chi connectivity index (χ3v) is 4.65. The Morgan fingerprint density at radius 1 is 1.15 bits per heavy atom. The van der Waals surface area contributed by atoms with E-state index in [2.05, 4.69) is 4.72 Å². The van der Waals surface area contributed by atoms with Crippen LogP contribution in [0.3, 0.4) is 0 Å². The third kappa shape index (κ3) is 4.51. The molecule has 0 amide bonds. The van der Waals surface area contributed by atoms with Gasteiger partial charge in [0.2, 0.25) is 0 Å². The number of ether oxygens (including phenoxy) is 2. The number of carbonyl (C=O) groups excluding carboxylic acids is 1. The normalized spacial score (nSPS) is 11.3. The van der Waals surface area contributed by atoms with E-state index in [1.807, 2.05) is 0 Å². The minimum absolute atomic E-state index is 0.0623. The zero-order valence-corrected chi connectivity index (χ0v) is 14.7. The van der Waals surface area contributed by atoms with Crippen molar-refractivity contribution in [3.8, 4) is 11.5 Å². The van der Waals surface area contributed by atoms with Crippen molar-refractivity contribution in [3.63, 3.8) is 0 Å². The largest absolute Gasteiger partial charge is 0.545 e. The van der Waals surface area contributed by atoms with Gasteiger partial charge >= 0.3 is 0 Å². The molecule has 2 aromatic carbocycles. The zero-order chi connectivity index (χ0) is 19.3. The molecule has 7 nitrogen and oxygen atoms in total. The van der Waals surface area contributed by atoms with Crippen LogP contribution in [0.15, 0.2) is 47.4 Å². The Bertz CT molecular complexity index is 938. The number of rotatable bonds is 7. The number of halogens is 1. The van der Waals surface area contributed by atoms with Gasteiger partial charge in [0.05, 0.1) is 20.2 Å². The van der Waals surface area contributed by atoms with Crippen molar-refractivity contribution in [1.29, 1.82) is 0 Å². The molecular weight excluding hydrogens is 365 g/mol. The molecule has 0 aliphatic carbocycles. The molecule has 0 fully saturated rings. The highest BCUT2D eigenvalue weighted by Crippen LogP contribution is 2.36. The van der Waals surface area contributed by atoms with Crippen LogP contribution >= 0.6 is 0 Å². The van der Waals surface area contributed by atoms with Crippen molar-refractivity contribution >= 4 is 27.8 Å². The number of methoxy groups -OCH3 is 2. The number of hydrogen-bond acceptors (Lipinski definition) is 6. The average molecular weight is 380 g/mol. The lowest BCUT2D eigenvalue weighted by molar-refractivity contribution is -0.297. The second kappa shape index (κ2) is 7.87. The number of anilines is 1. The van der Waals surface area contributed by atoms with E-state index in [0.717, 1.165) is 24.3 Å². The van der Waals surface area contributed by atoms with Gasteiger partial charge in [-0.1, -0.05) is 6.08 Å². The Labute approximate surface area is 149 Å². The fourth-order valence-electron chi connectivity index (χ4n) is 2.14. The monoisotopic (exact) mass is 380 g/mol. The van der Waals surface area contributed by atoms with Crippen molar-refractivity contribution in [1.82, 2.24) is 0 Å². The summed E-state index contributed by atoms with van der Waals surface area (Å²) in [5.74, 6) is -1.92. The maximum absolute atomic E-state index is 13.0. The van der Waals surface area contributed by atoms with Crippen molar-refractivity contribution in [2.75, 3.05) is 18.9 Å². The number of carboxylic acid groups (broad SMARTS) is 1. The minimum Gasteiger partial charge on any atom is -0.545 e. The molecule has 0 aromatic heterocycles. The molecule has 0 saturated heterocycles. The minimum atomic E-state index is -4.14. The lowest BCUT2D eigenvalue weighted by Crippen LogP contribution is -2.18. The van der Waals surface area contributed by atoms with E-state index in [1.165, 1.54) is 38.5 Å². The summed E-state index contributed by atoms with van der Waals surface area (Å²) in [6, 6.07) is 7.36. The lowest BCUT2D eigenvalue weighted by Gasteiger charge is -2.15. The van der Waals surface area contributed by atoms with Crippen LogP contribution in [0.4, 0.5) is 10.1 Å². The highest BCUT2D eigenvalue weighted by atomic mass is 32.2. The predicted octanol–water partition coefficient (Wildman–Crippen LogP) is 1.41. The fraction of sp³-hybridized carbons (Fsp3) is 0.118. The summed E-state index contributed by atoms with van der Waals surface area (Å²) in [6.07, 6.45) is 1.92. The van der Waals surface area contributed by atoms with Crippen molar-refractivity contribution in [2.24, 2.45) is 0 Å². The van der Waals surface area contributed by atoms with E-state index < -0.39 is 21.8 Å². The molecule has 0 spiro atoms. The lowest BCUT2D eigenvalue weighted by atomic mass is 10.2. The predicted molar refractivity (Wildman–Crippen MR) is 90.8 cm³/mol. The van der Waals surface area contributed by atoms with Gasteiger partial charge in [-0.2, -0.15) is 0 Å². The number of sulfonamides is 1. The van der Waals surface area contributed by atoms with E-state index in [4.69, 9.17) is 9.47 Å². The Hall–Kier alpha value is -3.07. The number of nitrogens with one attached hydrogen (secondary N) is 1. The first kappa shape index (κ1) is 19.3. The first-order chi connectivity index (χ1) is 12.3. The standard InChI is InChI=1S/C17H16FNO6S/c1-24-14-9-11(3-8-16(20)21)10-15(17(14)25-2)26(22,23)19-13-6-4-12(18)5-7-13/h3-10,19H,1-2H3,(H,20,21)/p-1/b8-3+. The van der Waals surface area contributed by atoms with Crippen LogP contribution in [0.25, 0.3) is 6.08 Å². The first-order valence-electron chi connectivity index (χ1n) is 7.20. The smallest absolute Gasteiger partial charge is 0.265 e. The molecule has 0 unspecified atom stereocenters. The molecular formula is C17H15FNO6S-. The highest BCUT2D eigenvalue weighted by molar-refractivity contribution is 7.92. The van der Waals surface area contributed by atoms with Gasteiger partial charge in [0, 0.05) is 5.69 Å². The number of benzene rings is 2.